The number of carbonyl (C=O) groups is 2. The van der Waals surface area contributed by atoms with E-state index in [1.54, 1.807) is 11.3 Å². The summed E-state index contributed by atoms with van der Waals surface area (Å²) in [6, 6.07) is -0.130. The fraction of sp³-hybridized carbons (Fsp3) is 0.611. The Balaban J connectivity index is 0.00000180. The zero-order valence-corrected chi connectivity index (χ0v) is 16.6. The summed E-state index contributed by atoms with van der Waals surface area (Å²) in [4.78, 5) is 33.1. The van der Waals surface area contributed by atoms with Crippen LogP contribution in [0.15, 0.2) is 17.8 Å². The van der Waals surface area contributed by atoms with Gasteiger partial charge in [-0.2, -0.15) is 0 Å². The Labute approximate surface area is 167 Å². The van der Waals surface area contributed by atoms with Crippen LogP contribution in [0.3, 0.4) is 0 Å². The van der Waals surface area contributed by atoms with Crippen molar-refractivity contribution in [2.75, 3.05) is 13.1 Å². The molecular weight excluding hydrogens is 386 g/mol. The van der Waals surface area contributed by atoms with Gasteiger partial charge in [-0.15, -0.1) is 23.7 Å². The fourth-order valence-electron chi connectivity index (χ4n) is 4.99. The molecule has 3 aliphatic heterocycles. The zero-order chi connectivity index (χ0) is 17.7. The second-order valence-electron chi connectivity index (χ2n) is 7.66. The number of piperidine rings is 3. The van der Waals surface area contributed by atoms with Crippen molar-refractivity contribution in [3.05, 3.63) is 23.5 Å². The minimum absolute atomic E-state index is 0. The first kappa shape index (κ1) is 18.7. The normalized spacial score (nSPS) is 29.9. The van der Waals surface area contributed by atoms with E-state index in [0.29, 0.717) is 18.9 Å². The Kier molecular flexibility index (Phi) is 5.13. The molecule has 9 heteroatoms. The Morgan fingerprint density at radius 2 is 2.22 bits per heavy atom. The average molecular weight is 410 g/mol. The van der Waals surface area contributed by atoms with Crippen molar-refractivity contribution in [1.29, 1.82) is 0 Å². The number of fused-ring (bicyclic) bond motifs is 5. The first-order valence-corrected chi connectivity index (χ1v) is 10.3. The topological polar surface area (TPSA) is 78.7 Å². The molecule has 0 aliphatic carbocycles. The number of thiazole rings is 1. The molecule has 2 bridgehead atoms. The van der Waals surface area contributed by atoms with E-state index in [1.165, 1.54) is 0 Å². The van der Waals surface area contributed by atoms with Gasteiger partial charge in [0.05, 0.1) is 12.2 Å². The van der Waals surface area contributed by atoms with Gasteiger partial charge in [-0.1, -0.05) is 0 Å². The Bertz CT molecular complexity index is 823. The van der Waals surface area contributed by atoms with E-state index in [1.807, 2.05) is 27.1 Å². The minimum atomic E-state index is -0.347. The molecule has 0 spiro atoms. The molecule has 2 amide bonds. The molecule has 0 radical (unpaired) electrons. The van der Waals surface area contributed by atoms with Gasteiger partial charge in [0.1, 0.15) is 6.04 Å². The van der Waals surface area contributed by atoms with Crippen LogP contribution in [0, 0.1) is 11.8 Å². The number of rotatable bonds is 3. The lowest BCUT2D eigenvalue weighted by Gasteiger charge is -2.53. The second-order valence-corrected chi connectivity index (χ2v) is 8.54. The lowest BCUT2D eigenvalue weighted by atomic mass is 9.72. The highest BCUT2D eigenvalue weighted by molar-refractivity contribution is 7.15. The maximum atomic E-state index is 13.1. The van der Waals surface area contributed by atoms with E-state index in [4.69, 9.17) is 0 Å². The molecule has 0 aromatic carbocycles. The lowest BCUT2D eigenvalue weighted by molar-refractivity contribution is -0.157. The fourth-order valence-corrected chi connectivity index (χ4v) is 5.71. The number of hydrogen-bond donors (Lipinski definition) is 2. The van der Waals surface area contributed by atoms with Crippen molar-refractivity contribution < 1.29 is 9.59 Å². The third kappa shape index (κ3) is 3.23. The molecule has 146 valence electrons. The third-order valence-electron chi connectivity index (χ3n) is 6.10. The SMILES string of the molecule is Cl.O=C(NCc1cn2ccsc2n1)[C@H]1[C@@H]2CNC[C@@H](C2)[C@@H]2CCCC(=O)N21. The van der Waals surface area contributed by atoms with Gasteiger partial charge >= 0.3 is 0 Å². The summed E-state index contributed by atoms with van der Waals surface area (Å²) in [6.07, 6.45) is 7.49. The molecule has 3 aliphatic rings. The molecule has 3 saturated heterocycles. The quantitative estimate of drug-likeness (QED) is 0.803. The minimum Gasteiger partial charge on any atom is -0.349 e. The van der Waals surface area contributed by atoms with Crippen molar-refractivity contribution in [3.63, 3.8) is 0 Å². The summed E-state index contributed by atoms with van der Waals surface area (Å²) in [7, 11) is 0. The number of halogens is 1. The summed E-state index contributed by atoms with van der Waals surface area (Å²) >= 11 is 1.58. The summed E-state index contributed by atoms with van der Waals surface area (Å²) < 4.78 is 1.96. The summed E-state index contributed by atoms with van der Waals surface area (Å²) in [5.74, 6) is 0.814. The monoisotopic (exact) mass is 409 g/mol. The molecule has 2 N–H and O–H groups in total. The van der Waals surface area contributed by atoms with E-state index in [-0.39, 0.29) is 42.2 Å². The Morgan fingerprint density at radius 3 is 3.07 bits per heavy atom. The van der Waals surface area contributed by atoms with Crippen molar-refractivity contribution in [1.82, 2.24) is 24.9 Å². The number of carbonyl (C=O) groups excluding carboxylic acids is 2. The molecule has 3 fully saturated rings. The molecule has 0 unspecified atom stereocenters. The zero-order valence-electron chi connectivity index (χ0n) is 15.0. The molecule has 2 aromatic rings. The van der Waals surface area contributed by atoms with Gasteiger partial charge in [0.2, 0.25) is 11.8 Å². The highest BCUT2D eigenvalue weighted by Gasteiger charge is 2.50. The van der Waals surface area contributed by atoms with E-state index in [0.717, 1.165) is 43.0 Å². The van der Waals surface area contributed by atoms with Crippen molar-refractivity contribution in [2.24, 2.45) is 11.8 Å². The second kappa shape index (κ2) is 7.41. The van der Waals surface area contributed by atoms with Crippen LogP contribution in [0.25, 0.3) is 4.96 Å². The first-order valence-electron chi connectivity index (χ1n) is 9.41. The van der Waals surface area contributed by atoms with Crippen LogP contribution in [-0.2, 0) is 16.1 Å². The van der Waals surface area contributed by atoms with Gasteiger partial charge in [0.15, 0.2) is 4.96 Å². The molecule has 5 heterocycles. The molecule has 0 saturated carbocycles. The van der Waals surface area contributed by atoms with Gasteiger partial charge in [-0.3, -0.25) is 14.0 Å². The van der Waals surface area contributed by atoms with E-state index >= 15 is 0 Å². The number of nitrogens with zero attached hydrogens (tertiary/aromatic N) is 3. The Morgan fingerprint density at radius 1 is 1.37 bits per heavy atom. The van der Waals surface area contributed by atoms with Crippen LogP contribution in [0.4, 0.5) is 0 Å². The van der Waals surface area contributed by atoms with Crippen LogP contribution in [0.1, 0.15) is 31.4 Å². The van der Waals surface area contributed by atoms with Gasteiger partial charge in [0, 0.05) is 42.7 Å². The molecule has 2 aromatic heterocycles. The summed E-state index contributed by atoms with van der Waals surface area (Å²) in [5, 5.41) is 8.51. The van der Waals surface area contributed by atoms with Crippen molar-refractivity contribution in [3.8, 4) is 0 Å². The van der Waals surface area contributed by atoms with Gasteiger partial charge in [0.25, 0.3) is 0 Å². The first-order chi connectivity index (χ1) is 12.7. The molecule has 4 atom stereocenters. The van der Waals surface area contributed by atoms with Crippen LogP contribution in [-0.4, -0.2) is 51.3 Å². The van der Waals surface area contributed by atoms with Crippen LogP contribution >= 0.6 is 23.7 Å². The Hall–Kier alpha value is -1.64. The van der Waals surface area contributed by atoms with E-state index < -0.39 is 0 Å². The van der Waals surface area contributed by atoms with Crippen molar-refractivity contribution >= 4 is 40.5 Å². The average Bonchev–Trinajstić information content (AvgIpc) is 3.23. The van der Waals surface area contributed by atoms with Crippen LogP contribution in [0.5, 0.6) is 0 Å². The predicted molar refractivity (Wildman–Crippen MR) is 105 cm³/mol. The van der Waals surface area contributed by atoms with E-state index in [2.05, 4.69) is 15.6 Å². The number of hydrogen-bond acceptors (Lipinski definition) is 5. The summed E-state index contributed by atoms with van der Waals surface area (Å²) in [6.45, 7) is 2.18. The number of aromatic nitrogens is 2. The predicted octanol–water partition coefficient (Wildman–Crippen LogP) is 1.42. The van der Waals surface area contributed by atoms with Crippen LogP contribution < -0.4 is 10.6 Å². The van der Waals surface area contributed by atoms with Crippen LogP contribution in [0.2, 0.25) is 0 Å². The largest absolute Gasteiger partial charge is 0.349 e. The third-order valence-corrected chi connectivity index (χ3v) is 6.87. The molecule has 5 rings (SSSR count). The molecular formula is C18H24ClN5O2S. The smallest absolute Gasteiger partial charge is 0.243 e. The maximum Gasteiger partial charge on any atom is 0.243 e. The maximum absolute atomic E-state index is 13.1. The highest BCUT2D eigenvalue weighted by atomic mass is 35.5. The molecule has 27 heavy (non-hydrogen) atoms. The highest BCUT2D eigenvalue weighted by Crippen LogP contribution is 2.39. The lowest BCUT2D eigenvalue weighted by Crippen LogP contribution is -2.67. The van der Waals surface area contributed by atoms with Gasteiger partial charge in [-0.05, 0) is 31.7 Å². The van der Waals surface area contributed by atoms with E-state index in [9.17, 15) is 9.59 Å². The van der Waals surface area contributed by atoms with Gasteiger partial charge in [-0.25, -0.2) is 4.98 Å². The standard InChI is InChI=1S/C18H23N5O2S.ClH/c24-15-3-1-2-14-11-6-12(8-19-7-11)16(23(14)15)17(25)20-9-13-10-22-4-5-26-18(22)21-13;/h4-5,10-12,14,16,19H,1-3,6-9H2,(H,20,25);1H/t11-,12+,14+,16-;/m1./s1. The van der Waals surface area contributed by atoms with Crippen molar-refractivity contribution in [2.45, 2.75) is 44.3 Å². The molecule has 7 nitrogen and oxygen atoms in total. The summed E-state index contributed by atoms with van der Waals surface area (Å²) in [5.41, 5.74) is 0.849. The number of amides is 2. The van der Waals surface area contributed by atoms with Gasteiger partial charge < -0.3 is 15.5 Å². The number of imidazole rings is 1. The number of nitrogens with one attached hydrogen (secondary N) is 2.